The first-order valence-electron chi connectivity index (χ1n) is 5.95. The summed E-state index contributed by atoms with van der Waals surface area (Å²) in [6, 6.07) is 7.90. The molecule has 2 aromatic heterocycles. The van der Waals surface area contributed by atoms with Gasteiger partial charge in [-0.25, -0.2) is 9.48 Å². The molecular weight excluding hydrogens is 242 g/mol. The number of aromatic amines is 1. The second kappa shape index (κ2) is 3.98. The number of rotatable bonds is 2. The van der Waals surface area contributed by atoms with Crippen molar-refractivity contribution in [2.45, 2.75) is 13.8 Å². The molecule has 2 N–H and O–H groups in total. The number of aromatic carboxylic acids is 1. The topological polar surface area (TPSA) is 70.9 Å². The lowest BCUT2D eigenvalue weighted by molar-refractivity contribution is 0.0696. The van der Waals surface area contributed by atoms with Crippen molar-refractivity contribution in [2.24, 2.45) is 0 Å². The van der Waals surface area contributed by atoms with Crippen LogP contribution < -0.4 is 0 Å². The van der Waals surface area contributed by atoms with Gasteiger partial charge in [-0.3, -0.25) is 0 Å². The molecule has 96 valence electrons. The number of carbonyl (C=O) groups is 1. The Balaban J connectivity index is 2.30. The molecule has 0 aliphatic heterocycles. The lowest BCUT2D eigenvalue weighted by atomic mass is 10.2. The highest BCUT2D eigenvalue weighted by Crippen LogP contribution is 2.26. The van der Waals surface area contributed by atoms with Crippen molar-refractivity contribution in [3.8, 4) is 5.69 Å². The number of hydrogen-bond donors (Lipinski definition) is 2. The SMILES string of the molecule is Cc1[nH]c2ccccc2c1-n1ncc(C(=O)O)c1C. The lowest BCUT2D eigenvalue weighted by Gasteiger charge is -2.04. The molecule has 2 heterocycles. The molecule has 0 amide bonds. The lowest BCUT2D eigenvalue weighted by Crippen LogP contribution is -2.03. The first-order chi connectivity index (χ1) is 9.09. The number of carboxylic acid groups (broad SMARTS) is 1. The van der Waals surface area contributed by atoms with Gasteiger partial charge in [0.25, 0.3) is 0 Å². The third kappa shape index (κ3) is 1.62. The minimum atomic E-state index is -0.957. The molecular formula is C14H13N3O2. The normalized spacial score (nSPS) is 11.1. The number of H-pyrrole nitrogens is 1. The van der Waals surface area contributed by atoms with Crippen molar-refractivity contribution in [3.05, 3.63) is 47.4 Å². The fourth-order valence-electron chi connectivity index (χ4n) is 2.38. The van der Waals surface area contributed by atoms with Crippen LogP contribution in [0.25, 0.3) is 16.6 Å². The zero-order chi connectivity index (χ0) is 13.6. The van der Waals surface area contributed by atoms with Crippen molar-refractivity contribution in [3.63, 3.8) is 0 Å². The quantitative estimate of drug-likeness (QED) is 0.739. The summed E-state index contributed by atoms with van der Waals surface area (Å²) in [6.07, 6.45) is 1.39. The van der Waals surface area contributed by atoms with Gasteiger partial charge >= 0.3 is 5.97 Å². The molecule has 0 fully saturated rings. The monoisotopic (exact) mass is 255 g/mol. The highest BCUT2D eigenvalue weighted by atomic mass is 16.4. The number of carboxylic acids is 1. The molecule has 1 aromatic carbocycles. The molecule has 19 heavy (non-hydrogen) atoms. The van der Waals surface area contributed by atoms with Crippen molar-refractivity contribution < 1.29 is 9.90 Å². The average Bonchev–Trinajstić information content (AvgIpc) is 2.88. The van der Waals surface area contributed by atoms with Crippen LogP contribution in [0.15, 0.2) is 30.5 Å². The molecule has 0 bridgehead atoms. The van der Waals surface area contributed by atoms with Crippen LogP contribution in [0.4, 0.5) is 0 Å². The van der Waals surface area contributed by atoms with Gasteiger partial charge in [-0.2, -0.15) is 5.10 Å². The third-order valence-corrected chi connectivity index (χ3v) is 3.31. The number of nitrogens with one attached hydrogen (secondary N) is 1. The number of nitrogens with zero attached hydrogens (tertiary/aromatic N) is 2. The number of benzene rings is 1. The molecule has 3 rings (SSSR count). The van der Waals surface area contributed by atoms with E-state index in [0.29, 0.717) is 5.69 Å². The van der Waals surface area contributed by atoms with Gasteiger partial charge in [-0.05, 0) is 19.9 Å². The minimum absolute atomic E-state index is 0.227. The Labute approximate surface area is 109 Å². The average molecular weight is 255 g/mol. The number of aromatic nitrogens is 3. The molecule has 5 nitrogen and oxygen atoms in total. The summed E-state index contributed by atoms with van der Waals surface area (Å²) < 4.78 is 1.68. The fraction of sp³-hybridized carbons (Fsp3) is 0.143. The Morgan fingerprint density at radius 3 is 2.74 bits per heavy atom. The minimum Gasteiger partial charge on any atom is -0.478 e. The van der Waals surface area contributed by atoms with E-state index in [-0.39, 0.29) is 5.56 Å². The smallest absolute Gasteiger partial charge is 0.339 e. The first kappa shape index (κ1) is 11.5. The van der Waals surface area contributed by atoms with E-state index in [2.05, 4.69) is 10.1 Å². The number of para-hydroxylation sites is 1. The molecule has 0 saturated heterocycles. The van der Waals surface area contributed by atoms with Gasteiger partial charge in [0.15, 0.2) is 0 Å². The summed E-state index contributed by atoms with van der Waals surface area (Å²) in [5, 5.41) is 14.3. The van der Waals surface area contributed by atoms with Gasteiger partial charge in [0.2, 0.25) is 0 Å². The van der Waals surface area contributed by atoms with Gasteiger partial charge in [0.1, 0.15) is 5.56 Å². The molecule has 0 aliphatic carbocycles. The van der Waals surface area contributed by atoms with Crippen molar-refractivity contribution >= 4 is 16.9 Å². The summed E-state index contributed by atoms with van der Waals surface area (Å²) >= 11 is 0. The van der Waals surface area contributed by atoms with Crippen LogP contribution in [-0.2, 0) is 0 Å². The molecule has 0 radical (unpaired) electrons. The Morgan fingerprint density at radius 1 is 1.32 bits per heavy atom. The van der Waals surface area contributed by atoms with E-state index in [1.165, 1.54) is 6.20 Å². The van der Waals surface area contributed by atoms with Crippen LogP contribution in [0.5, 0.6) is 0 Å². The van der Waals surface area contributed by atoms with Gasteiger partial charge in [0.05, 0.1) is 17.6 Å². The summed E-state index contributed by atoms with van der Waals surface area (Å²) in [4.78, 5) is 14.4. The second-order valence-electron chi connectivity index (χ2n) is 4.50. The van der Waals surface area contributed by atoms with Crippen LogP contribution in [-0.4, -0.2) is 25.8 Å². The summed E-state index contributed by atoms with van der Waals surface area (Å²) in [6.45, 7) is 3.72. The van der Waals surface area contributed by atoms with Gasteiger partial charge in [-0.1, -0.05) is 18.2 Å². The maximum atomic E-state index is 11.1. The zero-order valence-electron chi connectivity index (χ0n) is 10.6. The largest absolute Gasteiger partial charge is 0.478 e. The Morgan fingerprint density at radius 2 is 2.05 bits per heavy atom. The Hall–Kier alpha value is -2.56. The predicted molar refractivity (Wildman–Crippen MR) is 71.9 cm³/mol. The van der Waals surface area contributed by atoms with Crippen molar-refractivity contribution in [1.29, 1.82) is 0 Å². The second-order valence-corrected chi connectivity index (χ2v) is 4.50. The maximum Gasteiger partial charge on any atom is 0.339 e. The molecule has 5 heteroatoms. The highest BCUT2D eigenvalue weighted by molar-refractivity contribution is 5.92. The van der Waals surface area contributed by atoms with Crippen molar-refractivity contribution in [1.82, 2.24) is 14.8 Å². The molecule has 0 spiro atoms. The van der Waals surface area contributed by atoms with E-state index < -0.39 is 5.97 Å². The number of fused-ring (bicyclic) bond motifs is 1. The van der Waals surface area contributed by atoms with Crippen LogP contribution >= 0.6 is 0 Å². The summed E-state index contributed by atoms with van der Waals surface area (Å²) in [5.41, 5.74) is 3.73. The molecule has 0 saturated carbocycles. The van der Waals surface area contributed by atoms with Crippen molar-refractivity contribution in [2.75, 3.05) is 0 Å². The van der Waals surface area contributed by atoms with E-state index in [9.17, 15) is 4.79 Å². The molecule has 0 aliphatic rings. The van der Waals surface area contributed by atoms with E-state index in [1.807, 2.05) is 31.2 Å². The van der Waals surface area contributed by atoms with Crippen LogP contribution in [0.2, 0.25) is 0 Å². The highest BCUT2D eigenvalue weighted by Gasteiger charge is 2.17. The molecule has 0 atom stereocenters. The van der Waals surface area contributed by atoms with Gasteiger partial charge in [0, 0.05) is 16.6 Å². The van der Waals surface area contributed by atoms with E-state index in [0.717, 1.165) is 22.3 Å². The van der Waals surface area contributed by atoms with Crippen LogP contribution in [0.3, 0.4) is 0 Å². The van der Waals surface area contributed by atoms with Gasteiger partial charge in [-0.15, -0.1) is 0 Å². The van der Waals surface area contributed by atoms with E-state index >= 15 is 0 Å². The maximum absolute atomic E-state index is 11.1. The Bertz CT molecular complexity index is 783. The standard InChI is InChI=1S/C14H13N3O2/c1-8-13(10-5-3-4-6-12(10)16-8)17-9(2)11(7-15-17)14(18)19/h3-7,16H,1-2H3,(H,18,19). The Kier molecular flexibility index (Phi) is 2.41. The van der Waals surface area contributed by atoms with Gasteiger partial charge < -0.3 is 10.1 Å². The molecule has 0 unspecified atom stereocenters. The third-order valence-electron chi connectivity index (χ3n) is 3.31. The zero-order valence-corrected chi connectivity index (χ0v) is 10.6. The first-order valence-corrected chi connectivity index (χ1v) is 5.95. The summed E-state index contributed by atoms with van der Waals surface area (Å²) in [7, 11) is 0. The van der Waals surface area contributed by atoms with E-state index in [4.69, 9.17) is 5.11 Å². The summed E-state index contributed by atoms with van der Waals surface area (Å²) in [5.74, 6) is -0.957. The van der Waals surface area contributed by atoms with Crippen LogP contribution in [0, 0.1) is 13.8 Å². The number of aryl methyl sites for hydroxylation is 1. The predicted octanol–water partition coefficient (Wildman–Crippen LogP) is 2.67. The van der Waals surface area contributed by atoms with Crippen LogP contribution in [0.1, 0.15) is 21.7 Å². The fourth-order valence-corrected chi connectivity index (χ4v) is 2.38. The number of hydrogen-bond acceptors (Lipinski definition) is 2. The molecule has 3 aromatic rings. The van der Waals surface area contributed by atoms with E-state index in [1.54, 1.807) is 11.6 Å².